The van der Waals surface area contributed by atoms with E-state index < -0.39 is 0 Å². The highest BCUT2D eigenvalue weighted by Crippen LogP contribution is 2.27. The van der Waals surface area contributed by atoms with Crippen LogP contribution < -0.4 is 11.3 Å². The van der Waals surface area contributed by atoms with E-state index in [1.807, 2.05) is 13.0 Å². The average molecular weight is 266 g/mol. The molecule has 3 nitrogen and oxygen atoms in total. The Morgan fingerprint density at radius 3 is 2.67 bits per heavy atom. The summed E-state index contributed by atoms with van der Waals surface area (Å²) in [5.74, 6) is 6.11. The zero-order chi connectivity index (χ0) is 11.0. The van der Waals surface area contributed by atoms with Crippen molar-refractivity contribution in [1.29, 1.82) is 0 Å². The van der Waals surface area contributed by atoms with Crippen molar-refractivity contribution in [1.82, 2.24) is 4.98 Å². The first-order valence-corrected chi connectivity index (χ1v) is 5.45. The molecule has 0 unspecified atom stereocenters. The Kier molecular flexibility index (Phi) is 2.63. The molecular formula is C11H12BrN3. The summed E-state index contributed by atoms with van der Waals surface area (Å²) in [6, 6.07) is 6.24. The van der Waals surface area contributed by atoms with Crippen molar-refractivity contribution in [3.05, 3.63) is 33.8 Å². The molecule has 0 atom stereocenters. The molecule has 3 N–H and O–H groups in total. The number of nitrogens with zero attached hydrogens (tertiary/aromatic N) is 1. The summed E-state index contributed by atoms with van der Waals surface area (Å²) in [5.41, 5.74) is 5.78. The number of pyridine rings is 1. The predicted molar refractivity (Wildman–Crippen MR) is 66.7 cm³/mol. The number of aryl methyl sites for hydroxylation is 2. The molecule has 1 aromatic carbocycles. The van der Waals surface area contributed by atoms with Crippen LogP contribution in [0.3, 0.4) is 0 Å². The van der Waals surface area contributed by atoms with Gasteiger partial charge < -0.3 is 5.43 Å². The first-order chi connectivity index (χ1) is 7.11. The monoisotopic (exact) mass is 265 g/mol. The van der Waals surface area contributed by atoms with Crippen molar-refractivity contribution in [3.8, 4) is 0 Å². The molecule has 4 heteroatoms. The maximum absolute atomic E-state index is 5.39. The molecule has 0 spiro atoms. The van der Waals surface area contributed by atoms with Gasteiger partial charge in [-0.1, -0.05) is 0 Å². The number of halogens is 1. The number of nitrogen functional groups attached to an aromatic ring is 1. The topological polar surface area (TPSA) is 50.9 Å². The van der Waals surface area contributed by atoms with E-state index in [-0.39, 0.29) is 0 Å². The fourth-order valence-electron chi connectivity index (χ4n) is 1.64. The molecule has 0 saturated heterocycles. The quantitative estimate of drug-likeness (QED) is 0.616. The number of hydrogen-bond acceptors (Lipinski definition) is 3. The van der Waals surface area contributed by atoms with E-state index in [0.29, 0.717) is 5.82 Å². The lowest BCUT2D eigenvalue weighted by molar-refractivity contribution is 1.22. The minimum atomic E-state index is 0.715. The number of aromatic nitrogens is 1. The number of nitrogens with two attached hydrogens (primary N) is 1. The number of rotatable bonds is 1. The van der Waals surface area contributed by atoms with Crippen molar-refractivity contribution >= 4 is 32.7 Å². The van der Waals surface area contributed by atoms with Crippen molar-refractivity contribution < 1.29 is 0 Å². The van der Waals surface area contributed by atoms with Crippen molar-refractivity contribution in [3.63, 3.8) is 0 Å². The fourth-order valence-corrected chi connectivity index (χ4v) is 2.32. The van der Waals surface area contributed by atoms with Crippen LogP contribution >= 0.6 is 15.9 Å². The van der Waals surface area contributed by atoms with E-state index in [1.165, 1.54) is 5.56 Å². The molecule has 78 valence electrons. The molecule has 0 amide bonds. The van der Waals surface area contributed by atoms with Crippen LogP contribution in [0.5, 0.6) is 0 Å². The highest BCUT2D eigenvalue weighted by Gasteiger charge is 2.05. The van der Waals surface area contributed by atoms with Gasteiger partial charge in [0.1, 0.15) is 5.82 Å². The van der Waals surface area contributed by atoms with E-state index >= 15 is 0 Å². The van der Waals surface area contributed by atoms with Gasteiger partial charge in [-0.15, -0.1) is 0 Å². The normalized spacial score (nSPS) is 10.7. The molecule has 2 rings (SSSR count). The van der Waals surface area contributed by atoms with Gasteiger partial charge in [0.15, 0.2) is 0 Å². The average Bonchev–Trinajstić information content (AvgIpc) is 2.16. The number of anilines is 1. The Hall–Kier alpha value is -1.13. The molecule has 1 aromatic heterocycles. The summed E-state index contributed by atoms with van der Waals surface area (Å²) in [6.07, 6.45) is 0. The smallest absolute Gasteiger partial charge is 0.143 e. The maximum atomic E-state index is 5.39. The third kappa shape index (κ3) is 1.82. The van der Waals surface area contributed by atoms with E-state index in [4.69, 9.17) is 5.84 Å². The molecule has 0 bridgehead atoms. The molecular weight excluding hydrogens is 254 g/mol. The van der Waals surface area contributed by atoms with Crippen LogP contribution in [-0.2, 0) is 0 Å². The molecule has 1 heterocycles. The largest absolute Gasteiger partial charge is 0.308 e. The van der Waals surface area contributed by atoms with E-state index in [1.54, 1.807) is 0 Å². The highest BCUT2D eigenvalue weighted by molar-refractivity contribution is 9.10. The molecule has 2 aromatic rings. The molecule has 0 saturated carbocycles. The zero-order valence-electron chi connectivity index (χ0n) is 8.63. The fraction of sp³-hybridized carbons (Fsp3) is 0.182. The lowest BCUT2D eigenvalue weighted by atomic mass is 10.1. The van der Waals surface area contributed by atoms with Gasteiger partial charge in [-0.05, 0) is 59.1 Å². The molecule has 0 aliphatic rings. The Labute approximate surface area is 96.8 Å². The summed E-state index contributed by atoms with van der Waals surface area (Å²) in [6.45, 7) is 4.05. The van der Waals surface area contributed by atoms with Gasteiger partial charge in [-0.25, -0.2) is 10.8 Å². The Morgan fingerprint density at radius 1 is 1.27 bits per heavy atom. The second kappa shape index (κ2) is 3.79. The Morgan fingerprint density at radius 2 is 2.00 bits per heavy atom. The van der Waals surface area contributed by atoms with Gasteiger partial charge in [0.25, 0.3) is 0 Å². The van der Waals surface area contributed by atoms with Crippen molar-refractivity contribution in [2.24, 2.45) is 5.84 Å². The summed E-state index contributed by atoms with van der Waals surface area (Å²) >= 11 is 3.50. The minimum Gasteiger partial charge on any atom is -0.308 e. The van der Waals surface area contributed by atoms with Crippen molar-refractivity contribution in [2.45, 2.75) is 13.8 Å². The van der Waals surface area contributed by atoms with E-state index in [2.05, 4.69) is 45.4 Å². The predicted octanol–water partition coefficient (Wildman–Crippen LogP) is 2.90. The second-order valence-corrected chi connectivity index (χ2v) is 4.47. The molecule has 0 radical (unpaired) electrons. The van der Waals surface area contributed by atoms with Crippen LogP contribution in [0.1, 0.15) is 11.1 Å². The van der Waals surface area contributed by atoms with Gasteiger partial charge in [0, 0.05) is 9.86 Å². The molecule has 0 aliphatic heterocycles. The van der Waals surface area contributed by atoms with Crippen LogP contribution in [-0.4, -0.2) is 4.98 Å². The van der Waals surface area contributed by atoms with Gasteiger partial charge in [0.05, 0.1) is 5.52 Å². The first-order valence-electron chi connectivity index (χ1n) is 4.66. The maximum Gasteiger partial charge on any atom is 0.143 e. The number of nitrogens with one attached hydrogen (secondary N) is 1. The Balaban J connectivity index is 2.81. The number of fused-ring (bicyclic) bond motifs is 1. The molecule has 15 heavy (non-hydrogen) atoms. The second-order valence-electron chi connectivity index (χ2n) is 3.62. The van der Waals surface area contributed by atoms with Gasteiger partial charge >= 0.3 is 0 Å². The van der Waals surface area contributed by atoms with E-state index in [9.17, 15) is 0 Å². The standard InChI is InChI=1S/C11H12BrN3/c1-6-3-8-5-7(2)11(15-13)14-10(8)9(12)4-6/h3-5H,13H2,1-2H3,(H,14,15). The van der Waals surface area contributed by atoms with Gasteiger partial charge in [-0.2, -0.15) is 0 Å². The third-order valence-corrected chi connectivity index (χ3v) is 2.95. The number of benzene rings is 1. The lowest BCUT2D eigenvalue weighted by Gasteiger charge is -2.08. The third-order valence-electron chi connectivity index (χ3n) is 2.34. The van der Waals surface area contributed by atoms with Crippen LogP contribution in [0, 0.1) is 13.8 Å². The summed E-state index contributed by atoms with van der Waals surface area (Å²) in [7, 11) is 0. The number of hydrogen-bond donors (Lipinski definition) is 2. The number of hydrazine groups is 1. The Bertz CT molecular complexity index is 523. The lowest BCUT2D eigenvalue weighted by Crippen LogP contribution is -2.10. The minimum absolute atomic E-state index is 0.715. The molecule has 0 fully saturated rings. The highest BCUT2D eigenvalue weighted by atomic mass is 79.9. The van der Waals surface area contributed by atoms with Crippen LogP contribution in [0.4, 0.5) is 5.82 Å². The first kappa shape index (κ1) is 10.4. The summed E-state index contributed by atoms with van der Waals surface area (Å²) in [5, 5.41) is 1.12. The van der Waals surface area contributed by atoms with Crippen LogP contribution in [0.25, 0.3) is 10.9 Å². The zero-order valence-corrected chi connectivity index (χ0v) is 10.2. The van der Waals surface area contributed by atoms with Crippen molar-refractivity contribution in [2.75, 3.05) is 5.43 Å². The summed E-state index contributed by atoms with van der Waals surface area (Å²) < 4.78 is 0.994. The van der Waals surface area contributed by atoms with Crippen LogP contribution in [0.15, 0.2) is 22.7 Å². The summed E-state index contributed by atoms with van der Waals surface area (Å²) in [4.78, 5) is 4.45. The SMILES string of the molecule is Cc1cc(Br)c2nc(NN)c(C)cc2c1. The van der Waals surface area contributed by atoms with Gasteiger partial charge in [-0.3, -0.25) is 0 Å². The van der Waals surface area contributed by atoms with E-state index in [0.717, 1.165) is 20.9 Å². The van der Waals surface area contributed by atoms with Crippen LogP contribution in [0.2, 0.25) is 0 Å². The molecule has 0 aliphatic carbocycles. The van der Waals surface area contributed by atoms with Gasteiger partial charge in [0.2, 0.25) is 0 Å².